The molecule has 7 heteroatoms. The number of nitrogen functional groups attached to an aromatic ring is 1. The number of anilines is 1. The molecule has 0 bridgehead atoms. The van der Waals surface area contributed by atoms with E-state index in [1.165, 1.54) is 4.68 Å². The number of benzene rings is 1. The van der Waals surface area contributed by atoms with Gasteiger partial charge in [-0.1, -0.05) is 12.1 Å². The van der Waals surface area contributed by atoms with E-state index in [2.05, 4.69) is 10.3 Å². The maximum Gasteiger partial charge on any atom is 0.295 e. The Labute approximate surface area is 110 Å². The number of nitrogens with two attached hydrogens (primary N) is 1. The third-order valence-electron chi connectivity index (χ3n) is 3.14. The minimum absolute atomic E-state index is 0.00250. The average Bonchev–Trinajstić information content (AvgIpc) is 2.72. The van der Waals surface area contributed by atoms with E-state index in [4.69, 9.17) is 5.73 Å². The van der Waals surface area contributed by atoms with Gasteiger partial charge in [-0.15, -0.1) is 5.10 Å². The third kappa shape index (κ3) is 2.14. The Morgan fingerprint density at radius 3 is 2.58 bits per heavy atom. The third-order valence-corrected chi connectivity index (χ3v) is 3.14. The second kappa shape index (κ2) is 4.68. The molecule has 0 aliphatic heterocycles. The van der Waals surface area contributed by atoms with Gasteiger partial charge in [-0.05, 0) is 37.5 Å². The van der Waals surface area contributed by atoms with Crippen molar-refractivity contribution < 1.29 is 4.92 Å². The van der Waals surface area contributed by atoms with Crippen LogP contribution in [0.3, 0.4) is 0 Å². The predicted molar refractivity (Wildman–Crippen MR) is 71.3 cm³/mol. The average molecular weight is 261 g/mol. The highest BCUT2D eigenvalue weighted by molar-refractivity contribution is 5.57. The molecule has 1 aromatic heterocycles. The molecule has 0 aliphatic carbocycles. The maximum atomic E-state index is 11.2. The first kappa shape index (κ1) is 13.0. The molecule has 2 aromatic rings. The molecule has 2 rings (SSSR count). The summed E-state index contributed by atoms with van der Waals surface area (Å²) in [6, 6.07) is 3.28. The van der Waals surface area contributed by atoms with Gasteiger partial charge < -0.3 is 5.73 Å². The summed E-state index contributed by atoms with van der Waals surface area (Å²) in [6.07, 6.45) is 0.600. The van der Waals surface area contributed by atoms with Gasteiger partial charge in [-0.3, -0.25) is 10.1 Å². The van der Waals surface area contributed by atoms with Crippen LogP contribution in [-0.2, 0) is 6.42 Å². The van der Waals surface area contributed by atoms with Gasteiger partial charge in [-0.2, -0.15) is 0 Å². The minimum Gasteiger partial charge on any atom is -0.381 e. The molecule has 7 nitrogen and oxygen atoms in total. The number of aromatic nitrogens is 3. The standard InChI is InChI=1S/C12H15N5O2/c1-4-9-12(13)14-15-16(9)10-5-7(2)8(3)6-11(10)17(18)19/h5-6H,4,13H2,1-3H3. The van der Waals surface area contributed by atoms with E-state index < -0.39 is 4.92 Å². The van der Waals surface area contributed by atoms with Crippen LogP contribution >= 0.6 is 0 Å². The van der Waals surface area contributed by atoms with Crippen molar-refractivity contribution in [1.82, 2.24) is 15.0 Å². The van der Waals surface area contributed by atoms with E-state index in [-0.39, 0.29) is 5.69 Å². The summed E-state index contributed by atoms with van der Waals surface area (Å²) in [6.45, 7) is 5.63. The molecule has 0 saturated carbocycles. The van der Waals surface area contributed by atoms with Crippen LogP contribution in [0.5, 0.6) is 0 Å². The summed E-state index contributed by atoms with van der Waals surface area (Å²) in [5.41, 5.74) is 8.61. The smallest absolute Gasteiger partial charge is 0.295 e. The molecule has 0 unspecified atom stereocenters. The van der Waals surface area contributed by atoms with Crippen LogP contribution < -0.4 is 5.73 Å². The number of hydrogen-bond donors (Lipinski definition) is 1. The lowest BCUT2D eigenvalue weighted by Crippen LogP contribution is -2.07. The van der Waals surface area contributed by atoms with Gasteiger partial charge in [0.05, 0.1) is 10.6 Å². The van der Waals surface area contributed by atoms with E-state index in [9.17, 15) is 10.1 Å². The number of rotatable bonds is 3. The van der Waals surface area contributed by atoms with Gasteiger partial charge in [0.1, 0.15) is 5.69 Å². The molecule has 0 fully saturated rings. The molecule has 0 atom stereocenters. The monoisotopic (exact) mass is 261 g/mol. The summed E-state index contributed by atoms with van der Waals surface area (Å²) >= 11 is 0. The van der Waals surface area contributed by atoms with Gasteiger partial charge >= 0.3 is 0 Å². The van der Waals surface area contributed by atoms with E-state index in [1.54, 1.807) is 12.1 Å². The summed E-state index contributed by atoms with van der Waals surface area (Å²) in [5.74, 6) is 0.301. The molecule has 1 aromatic carbocycles. The van der Waals surface area contributed by atoms with Crippen LogP contribution in [-0.4, -0.2) is 19.9 Å². The highest BCUT2D eigenvalue weighted by Gasteiger charge is 2.21. The molecule has 1 heterocycles. The second-order valence-corrected chi connectivity index (χ2v) is 4.37. The van der Waals surface area contributed by atoms with E-state index in [0.29, 0.717) is 23.6 Å². The van der Waals surface area contributed by atoms with Gasteiger partial charge in [0.25, 0.3) is 5.69 Å². The van der Waals surface area contributed by atoms with E-state index in [0.717, 1.165) is 11.1 Å². The van der Waals surface area contributed by atoms with Crippen molar-refractivity contribution in [3.8, 4) is 5.69 Å². The fourth-order valence-corrected chi connectivity index (χ4v) is 1.94. The topological polar surface area (TPSA) is 99.9 Å². The number of nitro benzene ring substituents is 1. The van der Waals surface area contributed by atoms with Gasteiger partial charge in [0.2, 0.25) is 0 Å². The van der Waals surface area contributed by atoms with Crippen molar-refractivity contribution >= 4 is 11.5 Å². The van der Waals surface area contributed by atoms with Crippen LogP contribution in [0.1, 0.15) is 23.7 Å². The molecule has 19 heavy (non-hydrogen) atoms. The van der Waals surface area contributed by atoms with Gasteiger partial charge in [0, 0.05) is 6.07 Å². The molecule has 0 radical (unpaired) electrons. The summed E-state index contributed by atoms with van der Waals surface area (Å²) in [7, 11) is 0. The number of aryl methyl sites for hydroxylation is 2. The number of nitrogens with zero attached hydrogens (tertiary/aromatic N) is 4. The molecule has 0 saturated heterocycles. The molecule has 0 amide bonds. The van der Waals surface area contributed by atoms with Crippen LogP contribution in [0, 0.1) is 24.0 Å². The largest absolute Gasteiger partial charge is 0.381 e. The zero-order valence-electron chi connectivity index (χ0n) is 11.0. The molecular weight excluding hydrogens is 246 g/mol. The van der Waals surface area contributed by atoms with Crippen molar-refractivity contribution in [3.05, 3.63) is 39.1 Å². The highest BCUT2D eigenvalue weighted by Crippen LogP contribution is 2.28. The summed E-state index contributed by atoms with van der Waals surface area (Å²) in [4.78, 5) is 10.8. The van der Waals surface area contributed by atoms with Crippen LogP contribution in [0.2, 0.25) is 0 Å². The van der Waals surface area contributed by atoms with Crippen molar-refractivity contribution in [1.29, 1.82) is 0 Å². The molecular formula is C12H15N5O2. The fraction of sp³-hybridized carbons (Fsp3) is 0.333. The first-order chi connectivity index (χ1) is 8.95. The molecule has 0 aliphatic rings. The lowest BCUT2D eigenvalue weighted by atomic mass is 10.1. The lowest BCUT2D eigenvalue weighted by molar-refractivity contribution is -0.384. The highest BCUT2D eigenvalue weighted by atomic mass is 16.6. The molecule has 0 spiro atoms. The Bertz CT molecular complexity index is 648. The van der Waals surface area contributed by atoms with Crippen molar-refractivity contribution in [2.45, 2.75) is 27.2 Å². The Morgan fingerprint density at radius 1 is 1.37 bits per heavy atom. The zero-order chi connectivity index (χ0) is 14.2. The second-order valence-electron chi connectivity index (χ2n) is 4.37. The fourth-order valence-electron chi connectivity index (χ4n) is 1.94. The SMILES string of the molecule is CCc1c(N)nnn1-c1cc(C)c(C)cc1[N+](=O)[O-]. The predicted octanol–water partition coefficient (Wildman–Crippen LogP) is 1.94. The Hall–Kier alpha value is -2.44. The Balaban J connectivity index is 2.73. The molecule has 100 valence electrons. The van der Waals surface area contributed by atoms with Gasteiger partial charge in [-0.25, -0.2) is 4.68 Å². The van der Waals surface area contributed by atoms with Crippen LogP contribution in [0.25, 0.3) is 5.69 Å². The number of hydrogen-bond acceptors (Lipinski definition) is 5. The zero-order valence-corrected chi connectivity index (χ0v) is 11.0. The van der Waals surface area contributed by atoms with Crippen molar-refractivity contribution in [2.75, 3.05) is 5.73 Å². The Morgan fingerprint density at radius 2 is 2.00 bits per heavy atom. The maximum absolute atomic E-state index is 11.2. The lowest BCUT2D eigenvalue weighted by Gasteiger charge is -2.08. The first-order valence-electron chi connectivity index (χ1n) is 5.91. The first-order valence-corrected chi connectivity index (χ1v) is 5.91. The summed E-state index contributed by atoms with van der Waals surface area (Å²) < 4.78 is 1.44. The minimum atomic E-state index is -0.418. The Kier molecular flexibility index (Phi) is 3.20. The van der Waals surface area contributed by atoms with E-state index in [1.807, 2.05) is 20.8 Å². The van der Waals surface area contributed by atoms with Crippen LogP contribution in [0.4, 0.5) is 11.5 Å². The summed E-state index contributed by atoms with van der Waals surface area (Å²) in [5, 5.41) is 18.9. The van der Waals surface area contributed by atoms with E-state index >= 15 is 0 Å². The van der Waals surface area contributed by atoms with Crippen molar-refractivity contribution in [2.24, 2.45) is 0 Å². The van der Waals surface area contributed by atoms with Gasteiger partial charge in [0.15, 0.2) is 5.82 Å². The normalized spacial score (nSPS) is 10.7. The quantitative estimate of drug-likeness (QED) is 0.672. The number of nitro groups is 1. The van der Waals surface area contributed by atoms with Crippen LogP contribution in [0.15, 0.2) is 12.1 Å². The molecule has 2 N–H and O–H groups in total. The van der Waals surface area contributed by atoms with Crippen molar-refractivity contribution in [3.63, 3.8) is 0 Å².